The summed E-state index contributed by atoms with van der Waals surface area (Å²) in [6.45, 7) is 1.57. The van der Waals surface area contributed by atoms with E-state index in [1.165, 1.54) is 19.3 Å². The molecule has 4 rings (SSSR count). The number of rotatable bonds is 5. The first-order valence-corrected chi connectivity index (χ1v) is 8.82. The van der Waals surface area contributed by atoms with Crippen LogP contribution in [0.25, 0.3) is 22.5 Å². The molecule has 4 N–H and O–H groups in total. The largest absolute Gasteiger partial charge is 0.404 e. The highest BCUT2D eigenvalue weighted by Gasteiger charge is 2.67. The minimum Gasteiger partial charge on any atom is -0.404 e. The number of aliphatic imine (C=N–C) groups is 1. The molecule has 28 heavy (non-hydrogen) atoms. The molecular weight excluding hydrogens is 362 g/mol. The second kappa shape index (κ2) is 6.40. The van der Waals surface area contributed by atoms with Crippen molar-refractivity contribution in [1.29, 1.82) is 0 Å². The zero-order valence-corrected chi connectivity index (χ0v) is 15.3. The highest BCUT2D eigenvalue weighted by atomic mass is 19.3. The van der Waals surface area contributed by atoms with Crippen molar-refractivity contribution in [1.82, 2.24) is 14.4 Å². The average Bonchev–Trinajstić information content (AvgIpc) is 2.98. The number of nitrogens with zero attached hydrogens (tertiary/aromatic N) is 4. The number of nitrogen functional groups attached to an aromatic ring is 1. The Hall–Kier alpha value is -3.29. The first kappa shape index (κ1) is 18.1. The summed E-state index contributed by atoms with van der Waals surface area (Å²) in [5, 5.41) is 0. The molecule has 0 aliphatic heterocycles. The normalized spacial score (nSPS) is 21.5. The highest BCUT2D eigenvalue weighted by Crippen LogP contribution is 2.60. The minimum absolute atomic E-state index is 0.0368. The summed E-state index contributed by atoms with van der Waals surface area (Å²) in [5.74, 6) is -2.29. The third-order valence-electron chi connectivity index (χ3n) is 5.12. The summed E-state index contributed by atoms with van der Waals surface area (Å²) in [4.78, 5) is 13.0. The maximum Gasteiger partial charge on any atom is 0.256 e. The number of allylic oxidation sites excluding steroid dienone is 1. The van der Waals surface area contributed by atoms with Gasteiger partial charge >= 0.3 is 0 Å². The number of aromatic nitrogens is 3. The molecule has 1 aliphatic carbocycles. The molecule has 3 heterocycles. The Labute approximate surface area is 160 Å². The zero-order valence-electron chi connectivity index (χ0n) is 15.3. The number of hydrogen-bond acceptors (Lipinski definition) is 5. The quantitative estimate of drug-likeness (QED) is 0.661. The van der Waals surface area contributed by atoms with Crippen LogP contribution in [0.4, 0.5) is 14.6 Å². The van der Waals surface area contributed by atoms with Crippen LogP contribution in [-0.2, 0) is 0 Å². The van der Waals surface area contributed by atoms with E-state index in [1.54, 1.807) is 18.3 Å². The zero-order chi connectivity index (χ0) is 19.9. The lowest BCUT2D eigenvalue weighted by Gasteiger charge is -2.11. The van der Waals surface area contributed by atoms with Gasteiger partial charge < -0.3 is 15.9 Å². The van der Waals surface area contributed by atoms with Crippen LogP contribution in [-0.4, -0.2) is 33.1 Å². The Balaban J connectivity index is 1.68. The fraction of sp³-hybridized carbons (Fsp3) is 0.250. The number of halogens is 2. The fourth-order valence-electron chi connectivity index (χ4n) is 3.15. The van der Waals surface area contributed by atoms with Gasteiger partial charge in [0.05, 0.1) is 17.7 Å². The topological polar surface area (TPSA) is 94.6 Å². The molecule has 1 unspecified atom stereocenters. The average molecular weight is 382 g/mol. The molecule has 3 aromatic heterocycles. The Morgan fingerprint density at radius 3 is 2.82 bits per heavy atom. The molecule has 0 radical (unpaired) electrons. The van der Waals surface area contributed by atoms with Crippen molar-refractivity contribution >= 4 is 23.3 Å². The van der Waals surface area contributed by atoms with Gasteiger partial charge in [-0.3, -0.25) is 4.99 Å². The van der Waals surface area contributed by atoms with E-state index >= 15 is 0 Å². The second-order valence-corrected chi connectivity index (χ2v) is 7.27. The lowest BCUT2D eigenvalue weighted by Crippen LogP contribution is -2.10. The van der Waals surface area contributed by atoms with Gasteiger partial charge in [-0.15, -0.1) is 0 Å². The highest BCUT2D eigenvalue weighted by molar-refractivity contribution is 6.11. The molecule has 144 valence electrons. The third-order valence-corrected chi connectivity index (χ3v) is 5.12. The fourth-order valence-corrected chi connectivity index (χ4v) is 3.15. The van der Waals surface area contributed by atoms with Crippen molar-refractivity contribution in [2.24, 2.45) is 16.1 Å². The van der Waals surface area contributed by atoms with E-state index in [9.17, 15) is 8.78 Å². The summed E-state index contributed by atoms with van der Waals surface area (Å²) in [7, 11) is 0. The van der Waals surface area contributed by atoms with Gasteiger partial charge in [0.2, 0.25) is 0 Å². The molecule has 3 aromatic rings. The van der Waals surface area contributed by atoms with E-state index in [0.717, 1.165) is 11.2 Å². The molecule has 0 bridgehead atoms. The lowest BCUT2D eigenvalue weighted by atomic mass is 10.0. The smallest absolute Gasteiger partial charge is 0.256 e. The van der Waals surface area contributed by atoms with E-state index in [-0.39, 0.29) is 13.0 Å². The number of hydrogen-bond donors (Lipinski definition) is 2. The van der Waals surface area contributed by atoms with Gasteiger partial charge in [-0.2, -0.15) is 0 Å². The number of pyridine rings is 2. The van der Waals surface area contributed by atoms with Gasteiger partial charge in [0.1, 0.15) is 11.5 Å². The molecule has 0 saturated heterocycles. The monoisotopic (exact) mass is 382 g/mol. The van der Waals surface area contributed by atoms with Gasteiger partial charge in [-0.1, -0.05) is 6.92 Å². The van der Waals surface area contributed by atoms with Crippen LogP contribution in [0, 0.1) is 5.41 Å². The van der Waals surface area contributed by atoms with Crippen LogP contribution < -0.4 is 11.5 Å². The second-order valence-electron chi connectivity index (χ2n) is 7.27. The summed E-state index contributed by atoms with van der Waals surface area (Å²) >= 11 is 0. The number of fused-ring (bicyclic) bond motifs is 1. The van der Waals surface area contributed by atoms with Crippen molar-refractivity contribution < 1.29 is 8.78 Å². The van der Waals surface area contributed by atoms with Crippen LogP contribution in [0.5, 0.6) is 0 Å². The summed E-state index contributed by atoms with van der Waals surface area (Å²) in [6.07, 6.45) is 8.20. The van der Waals surface area contributed by atoms with Gasteiger partial charge in [-0.05, 0) is 24.3 Å². The van der Waals surface area contributed by atoms with Crippen LogP contribution in [0.1, 0.15) is 18.9 Å². The summed E-state index contributed by atoms with van der Waals surface area (Å²) in [6, 6.07) is 7.26. The first-order chi connectivity index (χ1) is 13.3. The maximum absolute atomic E-state index is 13.4. The number of alkyl halides is 2. The minimum atomic E-state index is -2.65. The molecular formula is C20H20F2N6. The molecule has 0 spiro atoms. The van der Waals surface area contributed by atoms with E-state index in [0.29, 0.717) is 22.6 Å². The molecule has 1 saturated carbocycles. The van der Waals surface area contributed by atoms with E-state index in [1.807, 2.05) is 28.9 Å². The molecule has 0 aromatic carbocycles. The molecule has 0 amide bonds. The van der Waals surface area contributed by atoms with Crippen LogP contribution >= 0.6 is 0 Å². The molecule has 6 nitrogen and oxygen atoms in total. The molecule has 1 fully saturated rings. The van der Waals surface area contributed by atoms with Crippen molar-refractivity contribution in [3.63, 3.8) is 0 Å². The predicted octanol–water partition coefficient (Wildman–Crippen LogP) is 3.39. The lowest BCUT2D eigenvalue weighted by molar-refractivity contribution is 0.0731. The van der Waals surface area contributed by atoms with E-state index in [4.69, 9.17) is 11.5 Å². The van der Waals surface area contributed by atoms with E-state index < -0.39 is 11.3 Å². The Morgan fingerprint density at radius 2 is 2.11 bits per heavy atom. The van der Waals surface area contributed by atoms with Crippen molar-refractivity contribution in [2.75, 3.05) is 12.3 Å². The van der Waals surface area contributed by atoms with Crippen LogP contribution in [0.3, 0.4) is 0 Å². The maximum atomic E-state index is 13.4. The van der Waals surface area contributed by atoms with Gasteiger partial charge in [0, 0.05) is 54.1 Å². The van der Waals surface area contributed by atoms with Gasteiger partial charge in [-0.25, -0.2) is 18.7 Å². The Kier molecular flexibility index (Phi) is 4.14. The number of nitrogens with two attached hydrogens (primary N) is 2. The van der Waals surface area contributed by atoms with Gasteiger partial charge in [0.25, 0.3) is 5.92 Å². The third kappa shape index (κ3) is 3.11. The van der Waals surface area contributed by atoms with Crippen LogP contribution in [0.15, 0.2) is 54.0 Å². The molecule has 8 heteroatoms. The summed E-state index contributed by atoms with van der Waals surface area (Å²) < 4.78 is 28.7. The molecule has 1 aliphatic rings. The van der Waals surface area contributed by atoms with Gasteiger partial charge in [0.15, 0.2) is 0 Å². The van der Waals surface area contributed by atoms with E-state index in [2.05, 4.69) is 15.0 Å². The Morgan fingerprint density at radius 1 is 1.32 bits per heavy atom. The standard InChI is InChI=1S/C20H20F2N6/c1-19(11-20(19,21)22)12-25-10-14(9-23)15-2-3-16(24)27-18(15)13-4-6-28-7-5-26-17(28)8-13/h2-10H,11-12,23H2,1H3,(H2,24,27). The van der Waals surface area contributed by atoms with Crippen molar-refractivity contribution in [3.8, 4) is 11.3 Å². The van der Waals surface area contributed by atoms with Crippen molar-refractivity contribution in [3.05, 3.63) is 54.6 Å². The molecule has 1 atom stereocenters. The predicted molar refractivity (Wildman–Crippen MR) is 106 cm³/mol. The number of imidazole rings is 1. The number of anilines is 1. The van der Waals surface area contributed by atoms with Crippen molar-refractivity contribution in [2.45, 2.75) is 19.3 Å². The first-order valence-electron chi connectivity index (χ1n) is 8.82. The summed E-state index contributed by atoms with van der Waals surface area (Å²) in [5.41, 5.74) is 14.1. The van der Waals surface area contributed by atoms with Crippen LogP contribution in [0.2, 0.25) is 0 Å². The Bertz CT molecular complexity index is 1100. The SMILES string of the molecule is CC1(CN=CC(=CN)c2ccc(N)nc2-c2ccn3ccnc3c2)CC1(F)F.